The Hall–Kier alpha value is -2.54. The van der Waals surface area contributed by atoms with Crippen molar-refractivity contribution in [1.82, 2.24) is 0 Å². The van der Waals surface area contributed by atoms with E-state index in [0.717, 1.165) is 24.5 Å². The molecule has 2 aromatic rings. The summed E-state index contributed by atoms with van der Waals surface area (Å²) in [5, 5.41) is 8.82. The first kappa shape index (κ1) is 12.5. The van der Waals surface area contributed by atoms with Crippen LogP contribution in [0.4, 0.5) is 21.5 Å². The van der Waals surface area contributed by atoms with E-state index in [0.29, 0.717) is 11.3 Å². The van der Waals surface area contributed by atoms with Gasteiger partial charge in [-0.25, -0.2) is 4.39 Å². The summed E-state index contributed by atoms with van der Waals surface area (Å²) in [6.45, 7) is 1.55. The number of rotatable bonds is 1. The molecule has 0 unspecified atom stereocenters. The summed E-state index contributed by atoms with van der Waals surface area (Å²) >= 11 is 0. The number of hydrogen-bond acceptors (Lipinski definition) is 3. The third-order valence-electron chi connectivity index (χ3n) is 3.61. The highest BCUT2D eigenvalue weighted by atomic mass is 19.1. The van der Waals surface area contributed by atoms with Gasteiger partial charge in [-0.15, -0.1) is 0 Å². The van der Waals surface area contributed by atoms with Crippen molar-refractivity contribution >= 4 is 17.1 Å². The molecule has 0 radical (unpaired) electrons. The number of likely N-dealkylation sites (N-methyl/N-ethyl adjacent to an activating group) is 1. The van der Waals surface area contributed by atoms with E-state index in [1.807, 2.05) is 42.3 Å². The smallest absolute Gasteiger partial charge is 0.148 e. The highest BCUT2D eigenvalue weighted by Gasteiger charge is 2.23. The van der Waals surface area contributed by atoms with E-state index >= 15 is 0 Å². The lowest BCUT2D eigenvalue weighted by atomic mass is 10.1. The van der Waals surface area contributed by atoms with Crippen molar-refractivity contribution < 1.29 is 4.39 Å². The zero-order chi connectivity index (χ0) is 14.1. The largest absolute Gasteiger partial charge is 0.371 e. The normalized spacial score (nSPS) is 13.8. The SMILES string of the molecule is CN1CCN(c2ccc(C#N)cc2F)c2ccccc21. The number of hydrogen-bond donors (Lipinski definition) is 0. The molecule has 0 spiro atoms. The highest BCUT2D eigenvalue weighted by Crippen LogP contribution is 2.37. The number of anilines is 3. The van der Waals surface area contributed by atoms with E-state index < -0.39 is 0 Å². The van der Waals surface area contributed by atoms with Crippen molar-refractivity contribution in [1.29, 1.82) is 5.26 Å². The fourth-order valence-electron chi connectivity index (χ4n) is 2.55. The Labute approximate surface area is 117 Å². The second-order valence-electron chi connectivity index (χ2n) is 4.84. The minimum atomic E-state index is -0.358. The van der Waals surface area contributed by atoms with Gasteiger partial charge >= 0.3 is 0 Å². The van der Waals surface area contributed by atoms with E-state index in [1.165, 1.54) is 6.07 Å². The fraction of sp³-hybridized carbons (Fsp3) is 0.188. The van der Waals surface area contributed by atoms with Gasteiger partial charge in [0.25, 0.3) is 0 Å². The standard InChI is InChI=1S/C16H14FN3/c1-19-8-9-20(16-5-3-2-4-15(16)19)14-7-6-12(11-18)10-13(14)17/h2-7,10H,8-9H2,1H3. The van der Waals surface area contributed by atoms with E-state index in [1.54, 1.807) is 12.1 Å². The first-order valence-electron chi connectivity index (χ1n) is 6.48. The second kappa shape index (κ2) is 4.86. The molecule has 3 nitrogen and oxygen atoms in total. The quantitative estimate of drug-likeness (QED) is 0.794. The average Bonchev–Trinajstić information content (AvgIpc) is 2.48. The van der Waals surface area contributed by atoms with Gasteiger partial charge in [0.2, 0.25) is 0 Å². The summed E-state index contributed by atoms with van der Waals surface area (Å²) < 4.78 is 14.2. The lowest BCUT2D eigenvalue weighted by molar-refractivity contribution is 0.623. The Morgan fingerprint density at radius 3 is 2.50 bits per heavy atom. The molecule has 0 saturated heterocycles. The number of nitrogens with zero attached hydrogens (tertiary/aromatic N) is 3. The van der Waals surface area contributed by atoms with E-state index in [9.17, 15) is 4.39 Å². The molecular weight excluding hydrogens is 253 g/mol. The van der Waals surface area contributed by atoms with E-state index in [-0.39, 0.29) is 5.82 Å². The number of benzene rings is 2. The molecule has 0 atom stereocenters. The van der Waals surface area contributed by atoms with Gasteiger partial charge in [-0.3, -0.25) is 0 Å². The van der Waals surface area contributed by atoms with Gasteiger partial charge in [-0.1, -0.05) is 12.1 Å². The zero-order valence-corrected chi connectivity index (χ0v) is 11.2. The molecule has 3 rings (SSSR count). The number of nitriles is 1. The Morgan fingerprint density at radius 1 is 1.05 bits per heavy atom. The summed E-state index contributed by atoms with van der Waals surface area (Å²) in [6, 6.07) is 14.5. The van der Waals surface area contributed by atoms with Gasteiger partial charge in [0.15, 0.2) is 0 Å². The van der Waals surface area contributed by atoms with Crippen LogP contribution in [-0.4, -0.2) is 20.1 Å². The number of fused-ring (bicyclic) bond motifs is 1. The lowest BCUT2D eigenvalue weighted by Gasteiger charge is -2.37. The highest BCUT2D eigenvalue weighted by molar-refractivity contribution is 5.79. The molecule has 1 aliphatic heterocycles. The molecule has 20 heavy (non-hydrogen) atoms. The summed E-state index contributed by atoms with van der Waals surface area (Å²) in [5.74, 6) is -0.358. The van der Waals surface area contributed by atoms with Crippen LogP contribution in [0.5, 0.6) is 0 Å². The molecule has 0 aliphatic carbocycles. The van der Waals surface area contributed by atoms with Crippen molar-refractivity contribution in [3.8, 4) is 6.07 Å². The Balaban J connectivity index is 2.08. The van der Waals surface area contributed by atoms with Gasteiger partial charge in [0, 0.05) is 20.1 Å². The molecule has 0 fully saturated rings. The van der Waals surface area contributed by atoms with Crippen LogP contribution in [0.2, 0.25) is 0 Å². The van der Waals surface area contributed by atoms with Crippen LogP contribution in [0, 0.1) is 17.1 Å². The van der Waals surface area contributed by atoms with Crippen LogP contribution in [0.15, 0.2) is 42.5 Å². The van der Waals surface area contributed by atoms with Crippen molar-refractivity contribution in [2.24, 2.45) is 0 Å². The average molecular weight is 267 g/mol. The molecule has 0 bridgehead atoms. The predicted molar refractivity (Wildman–Crippen MR) is 77.8 cm³/mol. The molecule has 0 amide bonds. The first-order valence-corrected chi connectivity index (χ1v) is 6.48. The van der Waals surface area contributed by atoms with Gasteiger partial charge in [-0.05, 0) is 30.3 Å². The summed E-state index contributed by atoms with van der Waals surface area (Å²) in [4.78, 5) is 4.12. The van der Waals surface area contributed by atoms with Crippen molar-refractivity contribution in [3.63, 3.8) is 0 Å². The van der Waals surface area contributed by atoms with E-state index in [2.05, 4.69) is 4.90 Å². The third kappa shape index (κ3) is 1.97. The first-order chi connectivity index (χ1) is 9.70. The van der Waals surface area contributed by atoms with Crippen LogP contribution in [0.1, 0.15) is 5.56 Å². The predicted octanol–water partition coefficient (Wildman–Crippen LogP) is 3.29. The summed E-state index contributed by atoms with van der Waals surface area (Å²) in [5.41, 5.74) is 2.94. The molecule has 1 heterocycles. The monoisotopic (exact) mass is 267 g/mol. The van der Waals surface area contributed by atoms with Gasteiger partial charge < -0.3 is 9.80 Å². The maximum Gasteiger partial charge on any atom is 0.148 e. The lowest BCUT2D eigenvalue weighted by Crippen LogP contribution is -2.36. The number of halogens is 1. The minimum Gasteiger partial charge on any atom is -0.371 e. The minimum absolute atomic E-state index is 0.341. The summed E-state index contributed by atoms with van der Waals surface area (Å²) in [6.07, 6.45) is 0. The maximum absolute atomic E-state index is 14.2. The number of para-hydroxylation sites is 2. The van der Waals surface area contributed by atoms with Crippen LogP contribution in [0.3, 0.4) is 0 Å². The molecule has 4 heteroatoms. The fourth-order valence-corrected chi connectivity index (χ4v) is 2.55. The molecule has 100 valence electrons. The molecule has 1 aliphatic rings. The summed E-state index contributed by atoms with van der Waals surface area (Å²) in [7, 11) is 2.03. The van der Waals surface area contributed by atoms with Gasteiger partial charge in [-0.2, -0.15) is 5.26 Å². The van der Waals surface area contributed by atoms with Crippen LogP contribution in [0.25, 0.3) is 0 Å². The molecule has 0 aromatic heterocycles. The van der Waals surface area contributed by atoms with Gasteiger partial charge in [0.1, 0.15) is 5.82 Å². The topological polar surface area (TPSA) is 30.3 Å². The van der Waals surface area contributed by atoms with Gasteiger partial charge in [0.05, 0.1) is 28.7 Å². The van der Waals surface area contributed by atoms with Crippen molar-refractivity contribution in [3.05, 3.63) is 53.8 Å². The Morgan fingerprint density at radius 2 is 1.80 bits per heavy atom. The molecule has 0 N–H and O–H groups in total. The second-order valence-corrected chi connectivity index (χ2v) is 4.84. The van der Waals surface area contributed by atoms with E-state index in [4.69, 9.17) is 5.26 Å². The van der Waals surface area contributed by atoms with Crippen LogP contribution in [-0.2, 0) is 0 Å². The third-order valence-corrected chi connectivity index (χ3v) is 3.61. The maximum atomic E-state index is 14.2. The van der Waals surface area contributed by atoms with Crippen molar-refractivity contribution in [2.75, 3.05) is 29.9 Å². The Kier molecular flexibility index (Phi) is 3.03. The zero-order valence-electron chi connectivity index (χ0n) is 11.2. The molecule has 0 saturated carbocycles. The molecule has 2 aromatic carbocycles. The van der Waals surface area contributed by atoms with Crippen LogP contribution < -0.4 is 9.80 Å². The van der Waals surface area contributed by atoms with Crippen LogP contribution >= 0.6 is 0 Å². The van der Waals surface area contributed by atoms with Crippen molar-refractivity contribution in [2.45, 2.75) is 0 Å². The Bertz CT molecular complexity index is 690. The molecular formula is C16H14FN3.